The van der Waals surface area contributed by atoms with Gasteiger partial charge in [-0.15, -0.1) is 0 Å². The summed E-state index contributed by atoms with van der Waals surface area (Å²) in [5.74, 6) is -1.84. The summed E-state index contributed by atoms with van der Waals surface area (Å²) < 4.78 is 21.0. The molecule has 1 fully saturated rings. The van der Waals surface area contributed by atoms with Gasteiger partial charge in [0.15, 0.2) is 12.4 Å². The van der Waals surface area contributed by atoms with E-state index in [0.717, 1.165) is 0 Å². The van der Waals surface area contributed by atoms with Crippen LogP contribution in [-0.4, -0.2) is 55.9 Å². The van der Waals surface area contributed by atoms with Gasteiger partial charge in [0.1, 0.15) is 17.2 Å². The molecule has 1 amide bonds. The van der Waals surface area contributed by atoms with Crippen molar-refractivity contribution in [3.8, 4) is 17.2 Å². The molecule has 0 unspecified atom stereocenters. The first kappa shape index (κ1) is 27.8. The number of anilines is 1. The molecular weight excluding hydrogens is 524 g/mol. The molecule has 40 heavy (non-hydrogen) atoms. The largest absolute Gasteiger partial charge is 0.497 e. The van der Waals surface area contributed by atoms with E-state index in [-0.39, 0.29) is 41.4 Å². The second-order valence-electron chi connectivity index (χ2n) is 8.69. The number of rotatable bonds is 10. The van der Waals surface area contributed by atoms with Gasteiger partial charge in [-0.1, -0.05) is 0 Å². The summed E-state index contributed by atoms with van der Waals surface area (Å²) in [6.07, 6.45) is -0.0811. The highest BCUT2D eigenvalue weighted by molar-refractivity contribution is 6.02. The van der Waals surface area contributed by atoms with Gasteiger partial charge in [-0.2, -0.15) is 0 Å². The number of nitro benzene ring substituents is 1. The number of hydrogen-bond donors (Lipinski definition) is 0. The zero-order valence-electron chi connectivity index (χ0n) is 21.5. The van der Waals surface area contributed by atoms with E-state index in [2.05, 4.69) is 0 Å². The van der Waals surface area contributed by atoms with E-state index in [4.69, 9.17) is 18.9 Å². The SMILES string of the molecule is COc1ccc(OC)c(N2C[C@H](C(=O)OCC(=O)c3ccc(OC(=O)c4ccc([N+](=O)[O-])cc4)cc3)CC2=O)c1. The van der Waals surface area contributed by atoms with Gasteiger partial charge in [0, 0.05) is 36.7 Å². The standard InChI is InChI=1S/C28H24N2O10/c1-37-22-11-12-25(38-2)23(14-22)29-15-19(13-26(29)32)27(33)39-16-24(31)17-5-9-21(10-6-17)40-28(34)18-3-7-20(8-4-18)30(35)36/h3-12,14,19H,13,15-16H2,1-2H3/t19-/m1/s1. The minimum Gasteiger partial charge on any atom is -0.497 e. The minimum atomic E-state index is -0.766. The smallest absolute Gasteiger partial charge is 0.343 e. The molecule has 1 aliphatic rings. The van der Waals surface area contributed by atoms with Crippen molar-refractivity contribution in [3.05, 3.63) is 88.0 Å². The lowest BCUT2D eigenvalue weighted by atomic mass is 10.1. The highest BCUT2D eigenvalue weighted by atomic mass is 16.6. The number of carbonyl (C=O) groups is 4. The molecule has 0 radical (unpaired) electrons. The molecule has 206 valence electrons. The maximum absolute atomic E-state index is 12.6. The van der Waals surface area contributed by atoms with Crippen molar-refractivity contribution in [3.63, 3.8) is 0 Å². The van der Waals surface area contributed by atoms with Crippen LogP contribution in [0.15, 0.2) is 66.7 Å². The molecule has 1 atom stereocenters. The number of ketones is 1. The lowest BCUT2D eigenvalue weighted by Crippen LogP contribution is -2.27. The Bertz CT molecular complexity index is 1450. The van der Waals surface area contributed by atoms with Crippen LogP contribution in [0.2, 0.25) is 0 Å². The fraction of sp³-hybridized carbons (Fsp3) is 0.214. The molecule has 1 heterocycles. The van der Waals surface area contributed by atoms with Crippen molar-refractivity contribution < 1.29 is 43.0 Å². The first-order valence-corrected chi connectivity index (χ1v) is 12.0. The molecular formula is C28H24N2O10. The number of ether oxygens (including phenoxy) is 4. The third-order valence-electron chi connectivity index (χ3n) is 6.18. The van der Waals surface area contributed by atoms with E-state index in [9.17, 15) is 29.3 Å². The van der Waals surface area contributed by atoms with Crippen LogP contribution in [0.5, 0.6) is 17.2 Å². The molecule has 1 saturated heterocycles. The number of carbonyl (C=O) groups excluding carboxylic acids is 4. The molecule has 12 nitrogen and oxygen atoms in total. The van der Waals surface area contributed by atoms with Crippen LogP contribution in [0.25, 0.3) is 0 Å². The molecule has 0 N–H and O–H groups in total. The second kappa shape index (κ2) is 12.1. The van der Waals surface area contributed by atoms with Crippen molar-refractivity contribution in [2.45, 2.75) is 6.42 Å². The third-order valence-corrected chi connectivity index (χ3v) is 6.18. The molecule has 1 aliphatic heterocycles. The number of amides is 1. The zero-order chi connectivity index (χ0) is 28.8. The van der Waals surface area contributed by atoms with Crippen LogP contribution in [-0.2, 0) is 14.3 Å². The van der Waals surface area contributed by atoms with Gasteiger partial charge in [0.2, 0.25) is 5.91 Å². The van der Waals surface area contributed by atoms with Crippen LogP contribution in [0, 0.1) is 16.0 Å². The van der Waals surface area contributed by atoms with Gasteiger partial charge < -0.3 is 23.8 Å². The predicted molar refractivity (Wildman–Crippen MR) is 140 cm³/mol. The van der Waals surface area contributed by atoms with Gasteiger partial charge in [-0.3, -0.25) is 24.5 Å². The fourth-order valence-corrected chi connectivity index (χ4v) is 4.04. The fourth-order valence-electron chi connectivity index (χ4n) is 4.04. The van der Waals surface area contributed by atoms with Crippen LogP contribution in [0.3, 0.4) is 0 Å². The molecule has 0 aliphatic carbocycles. The van der Waals surface area contributed by atoms with Crippen LogP contribution in [0.4, 0.5) is 11.4 Å². The van der Waals surface area contributed by atoms with Crippen molar-refractivity contribution in [2.24, 2.45) is 5.92 Å². The van der Waals surface area contributed by atoms with E-state index in [1.165, 1.54) is 67.7 Å². The number of nitrogens with zero attached hydrogens (tertiary/aromatic N) is 2. The summed E-state index contributed by atoms with van der Waals surface area (Å²) in [6.45, 7) is -0.474. The molecule has 12 heteroatoms. The van der Waals surface area contributed by atoms with Crippen LogP contribution < -0.4 is 19.1 Å². The molecule has 0 aromatic heterocycles. The minimum absolute atomic E-state index is 0.0597. The summed E-state index contributed by atoms with van der Waals surface area (Å²) in [5, 5.41) is 10.7. The number of hydrogen-bond acceptors (Lipinski definition) is 10. The summed E-state index contributed by atoms with van der Waals surface area (Å²) in [5.41, 5.74) is 0.640. The van der Waals surface area contributed by atoms with E-state index in [0.29, 0.717) is 17.2 Å². The van der Waals surface area contributed by atoms with E-state index in [1.807, 2.05) is 0 Å². The Labute approximate surface area is 228 Å². The lowest BCUT2D eigenvalue weighted by molar-refractivity contribution is -0.384. The molecule has 3 aromatic carbocycles. The predicted octanol–water partition coefficient (Wildman–Crippen LogP) is 3.61. The first-order chi connectivity index (χ1) is 19.2. The Hall–Kier alpha value is -5.26. The van der Waals surface area contributed by atoms with Crippen molar-refractivity contribution in [1.82, 2.24) is 0 Å². The highest BCUT2D eigenvalue weighted by Crippen LogP contribution is 2.36. The second-order valence-corrected chi connectivity index (χ2v) is 8.69. The van der Waals surface area contributed by atoms with Crippen LogP contribution in [0.1, 0.15) is 27.1 Å². The van der Waals surface area contributed by atoms with E-state index < -0.39 is 35.2 Å². The number of esters is 2. The average Bonchev–Trinajstić information content (AvgIpc) is 3.37. The molecule has 0 bridgehead atoms. The first-order valence-electron chi connectivity index (χ1n) is 12.0. The topological polar surface area (TPSA) is 152 Å². The van der Waals surface area contributed by atoms with Crippen molar-refractivity contribution in [1.29, 1.82) is 0 Å². The molecule has 0 spiro atoms. The molecule has 3 aromatic rings. The van der Waals surface area contributed by atoms with Gasteiger partial charge in [0.25, 0.3) is 5.69 Å². The normalized spacial score (nSPS) is 14.4. The molecule has 4 rings (SSSR count). The zero-order valence-corrected chi connectivity index (χ0v) is 21.5. The van der Waals surface area contributed by atoms with Crippen molar-refractivity contribution in [2.75, 3.05) is 32.3 Å². The maximum atomic E-state index is 12.6. The monoisotopic (exact) mass is 548 g/mol. The van der Waals surface area contributed by atoms with Crippen molar-refractivity contribution >= 4 is 35.0 Å². The Morgan fingerprint density at radius 3 is 2.20 bits per heavy atom. The summed E-state index contributed by atoms with van der Waals surface area (Å²) in [4.78, 5) is 61.7. The quantitative estimate of drug-likeness (QED) is 0.121. The number of non-ortho nitro benzene ring substituents is 1. The Balaban J connectivity index is 1.31. The maximum Gasteiger partial charge on any atom is 0.343 e. The lowest BCUT2D eigenvalue weighted by Gasteiger charge is -2.20. The highest BCUT2D eigenvalue weighted by Gasteiger charge is 2.37. The Kier molecular flexibility index (Phi) is 8.38. The third kappa shape index (κ3) is 6.23. The Morgan fingerprint density at radius 2 is 1.57 bits per heavy atom. The summed E-state index contributed by atoms with van der Waals surface area (Å²) >= 11 is 0. The van der Waals surface area contributed by atoms with E-state index >= 15 is 0 Å². The average molecular weight is 549 g/mol. The van der Waals surface area contributed by atoms with Crippen LogP contribution >= 0.6 is 0 Å². The number of nitro groups is 1. The Morgan fingerprint density at radius 1 is 0.925 bits per heavy atom. The number of benzene rings is 3. The number of methoxy groups -OCH3 is 2. The van der Waals surface area contributed by atoms with Gasteiger partial charge in [-0.25, -0.2) is 4.79 Å². The summed E-state index contributed by atoms with van der Waals surface area (Å²) in [6, 6.07) is 15.5. The molecule has 0 saturated carbocycles. The van der Waals surface area contributed by atoms with E-state index in [1.54, 1.807) is 18.2 Å². The van der Waals surface area contributed by atoms with Gasteiger partial charge in [-0.05, 0) is 48.5 Å². The van der Waals surface area contributed by atoms with Gasteiger partial charge in [0.05, 0.1) is 36.3 Å². The summed E-state index contributed by atoms with van der Waals surface area (Å²) in [7, 11) is 2.97. The number of Topliss-reactive ketones (excluding diaryl/α,β-unsaturated/α-hetero) is 1. The van der Waals surface area contributed by atoms with Gasteiger partial charge >= 0.3 is 11.9 Å².